The van der Waals surface area contributed by atoms with E-state index in [1.807, 2.05) is 32.9 Å². The predicted molar refractivity (Wildman–Crippen MR) is 218 cm³/mol. The second-order valence-corrected chi connectivity index (χ2v) is 16.4. The third-order valence-corrected chi connectivity index (χ3v) is 11.7. The molecule has 1 aliphatic carbocycles. The molecule has 1 aliphatic heterocycles. The average molecular weight is 711 g/mol. The first-order valence-electron chi connectivity index (χ1n) is 21.9. The Labute approximate surface area is 316 Å². The maximum Gasteiger partial charge on any atom is 0.251 e. The van der Waals surface area contributed by atoms with Gasteiger partial charge in [0.2, 0.25) is 0 Å². The molecule has 2 aliphatic rings. The van der Waals surface area contributed by atoms with Crippen molar-refractivity contribution >= 4 is 11.5 Å². The van der Waals surface area contributed by atoms with Gasteiger partial charge in [0.15, 0.2) is 0 Å². The van der Waals surface area contributed by atoms with Crippen molar-refractivity contribution in [1.82, 2.24) is 5.32 Å². The van der Waals surface area contributed by atoms with Gasteiger partial charge in [-0.3, -0.25) is 4.79 Å². The molecule has 1 heterocycles. The maximum absolute atomic E-state index is 13.4. The predicted octanol–water partition coefficient (Wildman–Crippen LogP) is 11.4. The number of ether oxygens (including phenoxy) is 1. The first kappa shape index (κ1) is 45.3. The molecule has 51 heavy (non-hydrogen) atoms. The Balaban J connectivity index is 0.000000354. The quantitative estimate of drug-likeness (QED) is 0.0812. The molecule has 294 valence electrons. The zero-order valence-corrected chi connectivity index (χ0v) is 35.0. The Morgan fingerprint density at radius 2 is 1.16 bits per heavy atom. The van der Waals surface area contributed by atoms with Crippen LogP contribution in [0.4, 0.5) is 0 Å². The summed E-state index contributed by atoms with van der Waals surface area (Å²) in [6, 6.07) is 4.08. The van der Waals surface area contributed by atoms with Crippen molar-refractivity contribution in [2.45, 2.75) is 208 Å². The third-order valence-electron chi connectivity index (χ3n) is 11.7. The number of nitrogens with one attached hydrogen (secondary N) is 1. The zero-order chi connectivity index (χ0) is 37.5. The Bertz CT molecular complexity index is 1070. The van der Waals surface area contributed by atoms with Crippen LogP contribution in [0, 0.1) is 20.8 Å². The molecule has 1 amide bonds. The van der Waals surface area contributed by atoms with E-state index in [1.54, 1.807) is 0 Å². The van der Waals surface area contributed by atoms with Crippen molar-refractivity contribution in [3.8, 4) is 0 Å². The second kappa shape index (κ2) is 25.2. The Morgan fingerprint density at radius 3 is 1.59 bits per heavy atom. The van der Waals surface area contributed by atoms with E-state index in [1.165, 1.54) is 133 Å². The fraction of sp³-hybridized carbons (Fsp3) is 0.804. The summed E-state index contributed by atoms with van der Waals surface area (Å²) in [5.74, 6) is -0.263. The lowest BCUT2D eigenvalue weighted by Gasteiger charge is -2.42. The third kappa shape index (κ3) is 15.2. The van der Waals surface area contributed by atoms with E-state index < -0.39 is 5.54 Å². The number of unbranched alkanes of at least 4 members (excludes halogenated alkanes) is 13. The highest BCUT2D eigenvalue weighted by atomic mass is 16.5. The molecule has 0 unspecified atom stereocenters. The van der Waals surface area contributed by atoms with Crippen LogP contribution in [-0.2, 0) is 9.53 Å². The van der Waals surface area contributed by atoms with Gasteiger partial charge in [0.25, 0.3) is 5.91 Å². The van der Waals surface area contributed by atoms with Gasteiger partial charge in [-0.15, -0.1) is 0 Å². The molecule has 5 nitrogen and oxygen atoms in total. The van der Waals surface area contributed by atoms with Crippen LogP contribution in [-0.4, -0.2) is 54.8 Å². The van der Waals surface area contributed by atoms with Gasteiger partial charge in [0.1, 0.15) is 0 Å². The molecule has 1 N–H and O–H groups in total. The monoisotopic (exact) mass is 711 g/mol. The van der Waals surface area contributed by atoms with E-state index in [2.05, 4.69) is 39.9 Å². The molecule has 0 aromatic heterocycles. The average Bonchev–Trinajstić information content (AvgIpc) is 3.32. The van der Waals surface area contributed by atoms with Crippen LogP contribution in [0.5, 0.6) is 0 Å². The number of nitrogens with zero attached hydrogens (tertiary/aromatic N) is 1. The molecule has 1 aromatic carbocycles. The van der Waals surface area contributed by atoms with Crippen LogP contribution in [0.25, 0.3) is 5.57 Å². The zero-order valence-electron chi connectivity index (χ0n) is 35.0. The minimum absolute atomic E-state index is 0.0404. The van der Waals surface area contributed by atoms with Crippen LogP contribution >= 0.6 is 0 Å². The van der Waals surface area contributed by atoms with E-state index >= 15 is 0 Å². The number of hydrogen-bond acceptors (Lipinski definition) is 3. The van der Waals surface area contributed by atoms with Gasteiger partial charge in [-0.2, -0.15) is 0 Å². The van der Waals surface area contributed by atoms with E-state index in [0.717, 1.165) is 54.5 Å². The van der Waals surface area contributed by atoms with E-state index in [-0.39, 0.29) is 17.8 Å². The normalized spacial score (nSPS) is 19.1. The second-order valence-electron chi connectivity index (χ2n) is 16.4. The minimum Gasteiger partial charge on any atom is -0.873 e. The smallest absolute Gasteiger partial charge is 0.251 e. The van der Waals surface area contributed by atoms with Gasteiger partial charge in [0.05, 0.1) is 37.8 Å². The molecular formula is C46H82N2O3. The fourth-order valence-corrected chi connectivity index (χ4v) is 8.73. The van der Waals surface area contributed by atoms with Gasteiger partial charge in [-0.05, 0) is 121 Å². The highest BCUT2D eigenvalue weighted by molar-refractivity contribution is 6.23. The highest BCUT2D eigenvalue weighted by Gasteiger charge is 2.44. The molecular weight excluding hydrogens is 629 g/mol. The van der Waals surface area contributed by atoms with Crippen LogP contribution in [0.15, 0.2) is 17.9 Å². The van der Waals surface area contributed by atoms with Gasteiger partial charge in [-0.25, -0.2) is 0 Å². The standard InChI is InChI=1S/C24H52N.C22H31NO3/c1-5-9-13-17-21-25(22-18-14-10-6-2,23-19-15-11-7-3)24-20-16-12-8-4;1-5-6-10-26-17-8-7-9-22(13-17)20(24)19(21(25)23-22)18-15(3)11-14(2)12-16(18)4/h5-24H2,1-4H3;11-12,17,24H,5-10,13H2,1-4H3,(H,23,25)/q+1;/p-1/t;17-,22+/m.0/s1. The van der Waals surface area contributed by atoms with Crippen LogP contribution in [0.2, 0.25) is 0 Å². The van der Waals surface area contributed by atoms with Crippen LogP contribution < -0.4 is 10.4 Å². The maximum atomic E-state index is 13.4. The topological polar surface area (TPSA) is 61.4 Å². The molecule has 5 heteroatoms. The van der Waals surface area contributed by atoms with E-state index in [9.17, 15) is 9.90 Å². The summed E-state index contributed by atoms with van der Waals surface area (Å²) in [4.78, 5) is 12.8. The number of carbonyl (C=O) groups excluding carboxylic acids is 1. The van der Waals surface area contributed by atoms with Crippen molar-refractivity contribution < 1.29 is 19.1 Å². The molecule has 1 spiro atoms. The number of aryl methyl sites for hydroxylation is 3. The molecule has 1 aromatic rings. The number of quaternary nitrogens is 1. The number of hydrogen-bond donors (Lipinski definition) is 1. The lowest BCUT2D eigenvalue weighted by Crippen LogP contribution is -2.52. The van der Waals surface area contributed by atoms with Crippen molar-refractivity contribution in [3.05, 3.63) is 40.1 Å². The number of amides is 1. The van der Waals surface area contributed by atoms with Crippen molar-refractivity contribution in [2.24, 2.45) is 0 Å². The van der Waals surface area contributed by atoms with Gasteiger partial charge in [0, 0.05) is 12.2 Å². The summed E-state index contributed by atoms with van der Waals surface area (Å²) < 4.78 is 7.44. The molecule has 1 saturated carbocycles. The van der Waals surface area contributed by atoms with Gasteiger partial charge in [-0.1, -0.05) is 116 Å². The summed E-state index contributed by atoms with van der Waals surface area (Å²) in [6.45, 7) is 24.0. The number of rotatable bonds is 25. The van der Waals surface area contributed by atoms with E-state index in [4.69, 9.17) is 4.74 Å². The molecule has 2 atom stereocenters. The van der Waals surface area contributed by atoms with Crippen molar-refractivity contribution in [1.29, 1.82) is 0 Å². The lowest BCUT2D eigenvalue weighted by atomic mass is 9.78. The van der Waals surface area contributed by atoms with Gasteiger partial charge < -0.3 is 19.6 Å². The summed E-state index contributed by atoms with van der Waals surface area (Å²) in [5.41, 5.74) is 3.50. The Kier molecular flexibility index (Phi) is 22.4. The molecule has 3 rings (SSSR count). The van der Waals surface area contributed by atoms with Gasteiger partial charge >= 0.3 is 0 Å². The Hall–Kier alpha value is -1.85. The minimum atomic E-state index is -0.773. The summed E-state index contributed by atoms with van der Waals surface area (Å²) in [5, 5.41) is 16.4. The molecule has 0 saturated heterocycles. The van der Waals surface area contributed by atoms with Crippen LogP contribution in [0.3, 0.4) is 0 Å². The highest BCUT2D eigenvalue weighted by Crippen LogP contribution is 2.42. The summed E-state index contributed by atoms with van der Waals surface area (Å²) in [6.07, 6.45) is 28.2. The Morgan fingerprint density at radius 1 is 0.706 bits per heavy atom. The SMILES string of the molecule is CCCCCC[N+](CCCCCC)(CCCCCC)CCCCCC.CCCCO[C@H]1CCC[C@]2(C1)NC(=O)C(c1c(C)cc(C)cc1C)=C2[O-]. The molecule has 1 fully saturated rings. The van der Waals surface area contributed by atoms with Crippen molar-refractivity contribution in [3.63, 3.8) is 0 Å². The molecule has 0 radical (unpaired) electrons. The number of benzene rings is 1. The van der Waals surface area contributed by atoms with Crippen molar-refractivity contribution in [2.75, 3.05) is 32.8 Å². The first-order chi connectivity index (χ1) is 24.6. The summed E-state index contributed by atoms with van der Waals surface area (Å²) >= 11 is 0. The molecule has 0 bridgehead atoms. The first-order valence-corrected chi connectivity index (χ1v) is 21.9. The fourth-order valence-electron chi connectivity index (χ4n) is 8.73. The largest absolute Gasteiger partial charge is 0.873 e. The van der Waals surface area contributed by atoms with E-state index in [0.29, 0.717) is 18.4 Å². The number of carbonyl (C=O) groups is 1. The van der Waals surface area contributed by atoms with Crippen LogP contribution in [0.1, 0.15) is 198 Å². The summed E-state index contributed by atoms with van der Waals surface area (Å²) in [7, 11) is 0. The lowest BCUT2D eigenvalue weighted by molar-refractivity contribution is -0.929.